The van der Waals surface area contributed by atoms with E-state index >= 15 is 0 Å². The smallest absolute Gasteiger partial charge is 0.252 e. The van der Waals surface area contributed by atoms with Gasteiger partial charge in [-0.15, -0.1) is 0 Å². The first kappa shape index (κ1) is 31.4. The van der Waals surface area contributed by atoms with Gasteiger partial charge in [-0.25, -0.2) is 12.8 Å². The molecule has 5 rings (SSSR count). The van der Waals surface area contributed by atoms with Gasteiger partial charge in [0.05, 0.1) is 16.5 Å². The molecule has 43 heavy (non-hydrogen) atoms. The minimum Gasteiger partial charge on any atom is -0.358 e. The van der Waals surface area contributed by atoms with Crippen molar-refractivity contribution in [1.82, 2.24) is 4.90 Å². The second-order valence-corrected chi connectivity index (χ2v) is 14.1. The third-order valence-electron chi connectivity index (χ3n) is 8.33. The largest absolute Gasteiger partial charge is 0.358 e. The molecule has 7 nitrogen and oxygen atoms in total. The van der Waals surface area contributed by atoms with Crippen LogP contribution < -0.4 is 4.72 Å². The molecule has 3 aromatic carbocycles. The summed E-state index contributed by atoms with van der Waals surface area (Å²) in [6, 6.07) is 18.8. The zero-order valence-electron chi connectivity index (χ0n) is 23.6. The van der Waals surface area contributed by atoms with E-state index in [1.807, 2.05) is 25.1 Å². The number of halogens is 3. The molecule has 4 atom stereocenters. The standard InChI is InChI=1S/C32H33Cl2FN2O5S/c1-2-25(20-32(16-17-32)43(40,41)36-27-10-4-3-9-26(27)35)37-29(21-12-14-23(33)15-13-21)30(22-7-5-8-24(34)19-22)42-28(31(37)39)11-6-18-38/h3-5,7-10,12-15,18-19,25,28-30,36H,2,6,11,16-17,20H2,1H3/t25-,28-,29+,30+/m0/s1. The molecule has 0 bridgehead atoms. The number of nitrogens with zero attached hydrogens (tertiary/aromatic N) is 1. The molecule has 1 saturated carbocycles. The number of carbonyl (C=O) groups is 2. The van der Waals surface area contributed by atoms with Crippen LogP contribution >= 0.6 is 23.2 Å². The van der Waals surface area contributed by atoms with Crippen molar-refractivity contribution in [3.05, 3.63) is 99.8 Å². The van der Waals surface area contributed by atoms with Crippen molar-refractivity contribution in [1.29, 1.82) is 0 Å². The Kier molecular flexibility index (Phi) is 9.46. The van der Waals surface area contributed by atoms with E-state index < -0.39 is 44.9 Å². The lowest BCUT2D eigenvalue weighted by molar-refractivity contribution is -0.180. The molecule has 3 aromatic rings. The SMILES string of the molecule is CC[C@@H](CC1(S(=O)(=O)Nc2ccccc2F)CC1)N1C(=O)[C@H](CCC=O)O[C@H](c2cccc(Cl)c2)[C@H]1c1ccc(Cl)cc1. The molecular weight excluding hydrogens is 614 g/mol. The van der Waals surface area contributed by atoms with Gasteiger partial charge in [0.2, 0.25) is 10.0 Å². The number of hydrogen-bond donors (Lipinski definition) is 1. The molecule has 0 radical (unpaired) electrons. The van der Waals surface area contributed by atoms with E-state index in [4.69, 9.17) is 27.9 Å². The van der Waals surface area contributed by atoms with Gasteiger partial charge >= 0.3 is 0 Å². The Hall–Kier alpha value is -2.98. The second-order valence-electron chi connectivity index (χ2n) is 11.1. The summed E-state index contributed by atoms with van der Waals surface area (Å²) in [5, 5.41) is 1.02. The molecule has 0 spiro atoms. The van der Waals surface area contributed by atoms with E-state index in [1.165, 1.54) is 18.2 Å². The number of para-hydroxylation sites is 1. The molecule has 1 amide bonds. The summed E-state index contributed by atoms with van der Waals surface area (Å²) >= 11 is 12.6. The summed E-state index contributed by atoms with van der Waals surface area (Å²) in [6.45, 7) is 1.91. The Labute approximate surface area is 261 Å². The Morgan fingerprint density at radius 2 is 1.77 bits per heavy atom. The van der Waals surface area contributed by atoms with Gasteiger partial charge in [-0.05, 0) is 79.6 Å². The minimum atomic E-state index is -4.01. The van der Waals surface area contributed by atoms with Crippen LogP contribution in [0, 0.1) is 5.82 Å². The van der Waals surface area contributed by atoms with Crippen molar-refractivity contribution in [2.45, 2.75) is 74.5 Å². The van der Waals surface area contributed by atoms with Crippen LogP contribution in [-0.4, -0.2) is 42.4 Å². The van der Waals surface area contributed by atoms with Crippen LogP contribution in [0.1, 0.15) is 68.7 Å². The van der Waals surface area contributed by atoms with Gasteiger partial charge in [-0.3, -0.25) is 9.52 Å². The lowest BCUT2D eigenvalue weighted by Crippen LogP contribution is -2.56. The molecule has 1 heterocycles. The van der Waals surface area contributed by atoms with E-state index in [9.17, 15) is 22.4 Å². The number of aldehydes is 1. The zero-order chi connectivity index (χ0) is 30.8. The van der Waals surface area contributed by atoms with E-state index in [0.29, 0.717) is 29.3 Å². The summed E-state index contributed by atoms with van der Waals surface area (Å²) < 4.78 is 49.5. The Morgan fingerprint density at radius 1 is 1.05 bits per heavy atom. The maximum absolute atomic E-state index is 14.4. The maximum atomic E-state index is 14.4. The number of ether oxygens (including phenoxy) is 1. The highest BCUT2D eigenvalue weighted by Crippen LogP contribution is 2.52. The monoisotopic (exact) mass is 646 g/mol. The number of rotatable bonds is 12. The predicted octanol–water partition coefficient (Wildman–Crippen LogP) is 7.26. The van der Waals surface area contributed by atoms with Crippen LogP contribution in [0.25, 0.3) is 0 Å². The van der Waals surface area contributed by atoms with E-state index in [-0.39, 0.29) is 30.9 Å². The van der Waals surface area contributed by atoms with Crippen molar-refractivity contribution in [3.63, 3.8) is 0 Å². The normalized spacial score (nSPS) is 22.2. The molecule has 1 N–H and O–H groups in total. The summed E-state index contributed by atoms with van der Waals surface area (Å²) in [7, 11) is -4.01. The molecule has 1 aliphatic heterocycles. The number of benzene rings is 3. The van der Waals surface area contributed by atoms with Crippen LogP contribution in [-0.2, 0) is 24.3 Å². The summed E-state index contributed by atoms with van der Waals surface area (Å²) in [5.41, 5.74) is 1.39. The third-order valence-corrected chi connectivity index (χ3v) is 11.0. The van der Waals surface area contributed by atoms with Gasteiger partial charge in [0.1, 0.15) is 24.3 Å². The number of morpholine rings is 1. The first-order valence-electron chi connectivity index (χ1n) is 14.3. The van der Waals surface area contributed by atoms with Crippen molar-refractivity contribution in [2.24, 2.45) is 0 Å². The van der Waals surface area contributed by atoms with E-state index in [0.717, 1.165) is 17.4 Å². The van der Waals surface area contributed by atoms with Crippen LogP contribution in [0.4, 0.5) is 10.1 Å². The molecule has 1 aliphatic carbocycles. The first-order chi connectivity index (χ1) is 20.6. The number of amides is 1. The number of sulfonamides is 1. The lowest BCUT2D eigenvalue weighted by Gasteiger charge is -2.48. The molecule has 0 aromatic heterocycles. The molecule has 0 unspecified atom stereocenters. The van der Waals surface area contributed by atoms with Gasteiger partial charge in [0, 0.05) is 22.5 Å². The lowest BCUT2D eigenvalue weighted by atomic mass is 9.88. The van der Waals surface area contributed by atoms with Gasteiger partial charge in [-0.1, -0.05) is 66.5 Å². The quantitative estimate of drug-likeness (QED) is 0.209. The maximum Gasteiger partial charge on any atom is 0.252 e. The summed E-state index contributed by atoms with van der Waals surface area (Å²) in [6.07, 6.45) is 0.825. The highest BCUT2D eigenvalue weighted by atomic mass is 35.5. The number of hydrogen-bond acceptors (Lipinski definition) is 5. The summed E-state index contributed by atoms with van der Waals surface area (Å²) in [4.78, 5) is 27.3. The average Bonchev–Trinajstić information content (AvgIpc) is 3.78. The minimum absolute atomic E-state index is 0.113. The average molecular weight is 648 g/mol. The molecule has 2 aliphatic rings. The van der Waals surface area contributed by atoms with Crippen LogP contribution in [0.3, 0.4) is 0 Å². The molecule has 228 valence electrons. The molecule has 1 saturated heterocycles. The van der Waals surface area contributed by atoms with Gasteiger partial charge in [0.25, 0.3) is 5.91 Å². The number of anilines is 1. The Balaban J connectivity index is 1.56. The van der Waals surface area contributed by atoms with Crippen LogP contribution in [0.5, 0.6) is 0 Å². The first-order valence-corrected chi connectivity index (χ1v) is 16.5. The fraction of sp³-hybridized carbons (Fsp3) is 0.375. The highest BCUT2D eigenvalue weighted by molar-refractivity contribution is 7.94. The fourth-order valence-corrected chi connectivity index (χ4v) is 7.95. The number of nitrogens with one attached hydrogen (secondary N) is 1. The van der Waals surface area contributed by atoms with Crippen molar-refractivity contribution < 1.29 is 27.1 Å². The van der Waals surface area contributed by atoms with Gasteiger partial charge < -0.3 is 14.4 Å². The highest BCUT2D eigenvalue weighted by Gasteiger charge is 2.57. The zero-order valence-corrected chi connectivity index (χ0v) is 25.9. The van der Waals surface area contributed by atoms with E-state index in [2.05, 4.69) is 4.72 Å². The number of carbonyl (C=O) groups excluding carboxylic acids is 2. The van der Waals surface area contributed by atoms with Crippen molar-refractivity contribution in [2.75, 3.05) is 4.72 Å². The van der Waals surface area contributed by atoms with E-state index in [1.54, 1.807) is 41.3 Å². The van der Waals surface area contributed by atoms with Gasteiger partial charge in [0.15, 0.2) is 0 Å². The van der Waals surface area contributed by atoms with Gasteiger partial charge in [-0.2, -0.15) is 0 Å². The predicted molar refractivity (Wildman–Crippen MR) is 165 cm³/mol. The van der Waals surface area contributed by atoms with Crippen LogP contribution in [0.2, 0.25) is 10.0 Å². The topological polar surface area (TPSA) is 92.8 Å². The third kappa shape index (κ3) is 6.60. The molecular formula is C32H33Cl2FN2O5S. The second kappa shape index (κ2) is 12.9. The van der Waals surface area contributed by atoms with Crippen LogP contribution in [0.15, 0.2) is 72.8 Å². The van der Waals surface area contributed by atoms with Crippen molar-refractivity contribution in [3.8, 4) is 0 Å². The van der Waals surface area contributed by atoms with Crippen molar-refractivity contribution >= 4 is 51.1 Å². The Morgan fingerprint density at radius 3 is 2.40 bits per heavy atom. The summed E-state index contributed by atoms with van der Waals surface area (Å²) in [5.74, 6) is -0.982. The Bertz CT molecular complexity index is 1580. The molecule has 11 heteroatoms. The molecule has 2 fully saturated rings. The fourth-order valence-electron chi connectivity index (χ4n) is 5.90.